The quantitative estimate of drug-likeness (QED) is 0.0253. The second-order valence-corrected chi connectivity index (χ2v) is 36.0. The van der Waals surface area contributed by atoms with Crippen molar-refractivity contribution in [3.63, 3.8) is 0 Å². The Balaban J connectivity index is 0.000000137. The van der Waals surface area contributed by atoms with Crippen LogP contribution in [0, 0.1) is 23.5 Å². The number of carbonyl (C=O) groups excluding carboxylic acids is 4. The van der Waals surface area contributed by atoms with E-state index in [1.54, 1.807) is 26.0 Å². The number of hydrogen-bond acceptors (Lipinski definition) is 24. The number of nitrogens with two attached hydrogens (primary N) is 1. The van der Waals surface area contributed by atoms with Crippen molar-refractivity contribution >= 4 is 104 Å². The molecule has 4 aromatic heterocycles. The maximum Gasteiger partial charge on any atom is 0.494 e. The van der Waals surface area contributed by atoms with Crippen LogP contribution in [0.3, 0.4) is 0 Å². The van der Waals surface area contributed by atoms with Gasteiger partial charge in [0.05, 0.1) is 70.9 Å². The normalized spacial score (nSPS) is 25.5. The highest BCUT2D eigenvalue weighted by Crippen LogP contribution is 2.42. The van der Waals surface area contributed by atoms with Gasteiger partial charge < -0.3 is 92.1 Å². The zero-order chi connectivity index (χ0) is 86.2. The number of halogens is 3. The summed E-state index contributed by atoms with van der Waals surface area (Å²) in [5.41, 5.74) is 13.9. The molecule has 1 unspecified atom stereocenters. The third-order valence-corrected chi connectivity index (χ3v) is 26.2. The maximum atomic E-state index is 15.0. The molecule has 0 spiro atoms. The van der Waals surface area contributed by atoms with E-state index in [1.807, 2.05) is 42.7 Å². The smallest absolute Gasteiger partial charge is 0.470 e. The Bertz CT molecular complexity index is 4600. The molecule has 121 heavy (non-hydrogen) atoms. The molecule has 0 aliphatic carbocycles. The third-order valence-electron chi connectivity index (χ3n) is 25.7. The molecule has 9 atom stereocenters. The van der Waals surface area contributed by atoms with Crippen LogP contribution in [0.25, 0.3) is 33.3 Å². The van der Waals surface area contributed by atoms with Gasteiger partial charge in [0.25, 0.3) is 0 Å². The predicted molar refractivity (Wildman–Crippen MR) is 463 cm³/mol. The number of benzene rings is 3. The maximum absolute atomic E-state index is 15.0. The Morgan fingerprint density at radius 1 is 0.529 bits per heavy atom. The summed E-state index contributed by atoms with van der Waals surface area (Å²) in [5.74, 6) is 1.01. The van der Waals surface area contributed by atoms with Crippen LogP contribution < -0.4 is 40.8 Å². The molecule has 17 rings (SSSR count). The number of ether oxygens (including phenoxy) is 8. The number of fused-ring (bicyclic) bond motifs is 4. The van der Waals surface area contributed by atoms with E-state index in [2.05, 4.69) is 154 Å². The average molecular weight is 1740 g/mol. The molecule has 10 saturated heterocycles. The number of carbonyl (C=O) groups is 4. The number of aliphatic hydroxyl groups excluding tert-OH is 2. The number of aromatic amines is 1. The van der Waals surface area contributed by atoms with Crippen LogP contribution in [-0.2, 0) is 66.2 Å². The van der Waals surface area contributed by atoms with Gasteiger partial charge in [-0.05, 0) is 188 Å². The Morgan fingerprint density at radius 3 is 1.42 bits per heavy atom. The van der Waals surface area contributed by atoms with Gasteiger partial charge in [-0.1, -0.05) is 64.1 Å². The number of aromatic nitrogens is 4. The lowest BCUT2D eigenvalue weighted by Crippen LogP contribution is -2.41. The summed E-state index contributed by atoms with van der Waals surface area (Å²) in [5, 5.41) is 19.9. The highest BCUT2D eigenvalue weighted by Gasteiger charge is 2.54. The van der Waals surface area contributed by atoms with Crippen molar-refractivity contribution in [2.24, 2.45) is 17.6 Å². The largest absolute Gasteiger partial charge is 0.494 e. The summed E-state index contributed by atoms with van der Waals surface area (Å²) in [4.78, 5) is 63.2. The lowest BCUT2D eigenvalue weighted by Gasteiger charge is -2.33. The van der Waals surface area contributed by atoms with Crippen LogP contribution in [-0.4, -0.2) is 217 Å². The minimum absolute atomic E-state index is 0.162. The van der Waals surface area contributed by atoms with Crippen molar-refractivity contribution in [2.45, 2.75) is 263 Å². The van der Waals surface area contributed by atoms with Gasteiger partial charge >= 0.3 is 26.2 Å². The molecule has 0 radical (unpaired) electrons. The Morgan fingerprint density at radius 2 is 0.975 bits per heavy atom. The summed E-state index contributed by atoms with van der Waals surface area (Å²) in [6, 6.07) is 31.7. The van der Waals surface area contributed by atoms with E-state index in [0.29, 0.717) is 108 Å². The van der Waals surface area contributed by atoms with Crippen molar-refractivity contribution in [1.29, 1.82) is 0 Å². The number of rotatable bonds is 19. The number of pyridine rings is 2. The zero-order valence-corrected chi connectivity index (χ0v) is 73.6. The molecule has 26 nitrogen and oxygen atoms in total. The lowest BCUT2D eigenvalue weighted by atomic mass is 9.79. The fourth-order valence-electron chi connectivity index (χ4n) is 16.7. The molecule has 10 aliphatic heterocycles. The average Bonchev–Trinajstić information content (AvgIpc) is 0.964. The third kappa shape index (κ3) is 21.9. The molecule has 10 fully saturated rings. The summed E-state index contributed by atoms with van der Waals surface area (Å²) in [6.45, 7) is 31.5. The topological polar surface area (TPSA) is 302 Å². The fourth-order valence-corrected chi connectivity index (χ4v) is 17.0. The van der Waals surface area contributed by atoms with E-state index >= 15 is 4.39 Å². The van der Waals surface area contributed by atoms with Crippen molar-refractivity contribution in [2.75, 3.05) is 87.0 Å². The van der Waals surface area contributed by atoms with Crippen LogP contribution >= 0.6 is 15.9 Å². The summed E-state index contributed by atoms with van der Waals surface area (Å²) in [7, 11) is -0.589. The summed E-state index contributed by atoms with van der Waals surface area (Å²) >= 11 is 3.14. The van der Waals surface area contributed by atoms with Crippen molar-refractivity contribution < 1.29 is 94.7 Å². The van der Waals surface area contributed by atoms with Gasteiger partial charge in [0.2, 0.25) is 0 Å². The SMILES string of the molecule is CC1(C)OB(c2ccc(N3CCC(N)CC3)cc2)OC1(C)C.CCC(=O)CC1CCN(c2ccc(-c3nc4cc(O[C@@H]5CO[C@H]6[C@@H]5OC[C@H]6O)[nH]c4cc3F)cc2)CC1.CCC(=O)CC1CCN(c2ccc(B3OC(C)(C)C(C)(C)O3)cc2)CC1.CCC(=O)OC(=O)CC.O[C@@H]1CO[C@H]2[C@@H]1OC[C@H]2Oc1cc2nc(Br)c(F)cc2n1C1CCCCO1. The van der Waals surface area contributed by atoms with Gasteiger partial charge in [0.1, 0.15) is 64.7 Å². The second kappa shape index (κ2) is 39.8. The molecule has 14 heterocycles. The van der Waals surface area contributed by atoms with Gasteiger partial charge in [-0.3, -0.25) is 23.7 Å². The molecule has 10 aliphatic rings. The van der Waals surface area contributed by atoms with E-state index < -0.39 is 35.8 Å². The molecule has 3 aromatic carbocycles. The predicted octanol–water partition coefficient (Wildman–Crippen LogP) is 12.8. The first-order chi connectivity index (χ1) is 57.8. The number of aliphatic hydroxyl groups is 2. The Kier molecular flexibility index (Phi) is 30.0. The van der Waals surface area contributed by atoms with E-state index in [-0.39, 0.29) is 116 Å². The highest BCUT2D eigenvalue weighted by molar-refractivity contribution is 9.10. The summed E-state index contributed by atoms with van der Waals surface area (Å²) in [6.07, 6.45) is 8.84. The minimum atomic E-state index is -0.644. The van der Waals surface area contributed by atoms with Crippen molar-refractivity contribution in [3.05, 3.63) is 113 Å². The van der Waals surface area contributed by atoms with Crippen LogP contribution in [0.5, 0.6) is 11.8 Å². The van der Waals surface area contributed by atoms with E-state index in [4.69, 9.17) is 57.5 Å². The first-order valence-electron chi connectivity index (χ1n) is 43.4. The first-order valence-corrected chi connectivity index (χ1v) is 44.2. The molecule has 656 valence electrons. The van der Waals surface area contributed by atoms with Gasteiger partial charge in [-0.25, -0.2) is 18.7 Å². The van der Waals surface area contributed by atoms with Gasteiger partial charge in [-0.15, -0.1) is 0 Å². The molecular weight excluding hydrogens is 1620 g/mol. The van der Waals surface area contributed by atoms with Gasteiger partial charge in [-0.2, -0.15) is 0 Å². The number of anilines is 3. The van der Waals surface area contributed by atoms with Gasteiger partial charge in [0.15, 0.2) is 35.6 Å². The number of esters is 2. The number of piperidine rings is 3. The number of H-pyrrole nitrogens is 1. The Labute approximate surface area is 717 Å². The monoisotopic (exact) mass is 1740 g/mol. The number of Topliss-reactive ketones (excluding diaryl/α,β-unsaturated/α-hetero) is 2. The molecule has 0 amide bonds. The molecular formula is C90H121B2BrF2N8O18. The summed E-state index contributed by atoms with van der Waals surface area (Å²) < 4.78 is 101. The van der Waals surface area contributed by atoms with E-state index in [0.717, 1.165) is 120 Å². The number of ketones is 2. The van der Waals surface area contributed by atoms with E-state index in [9.17, 15) is 33.8 Å². The van der Waals surface area contributed by atoms with Crippen LogP contribution in [0.1, 0.15) is 186 Å². The number of nitrogens with one attached hydrogen (secondary N) is 1. The molecule has 0 saturated carbocycles. The second-order valence-electron chi connectivity index (χ2n) is 35.2. The fraction of sp³-hybridized carbons (Fsp3) is 0.600. The molecule has 5 N–H and O–H groups in total. The molecule has 7 aromatic rings. The standard InChI is InChI=1S/C28H32FN3O5.C21H32BNO3.C18H20BrFN2O5.C17H27BN2O2.C6H10O3/c1-2-19(33)11-16-7-9-32(10-8-16)18-5-3-17(4-6-18)26-20(29)12-21-22(31-26)13-25(30-21)37-24-15-36-27-23(34)14-35-28(24)27;1-6-19(24)15-16-11-13-23(14-12-16)18-9-7-17(8-10-18)22-25-20(2,3)21(4,5)26-22;19-18-9(20)5-11-10(21-18)6-15(22(11)14-3-1-2-4-24-14)27-13-8-26-16-12(23)7-25-17(13)16;1-16(2)17(3,4)22-18(21-16)13-5-7-15(8-6-13)20-11-9-14(19)10-12-20;1-3-5(7)9-6(8)4-2/h3-6,12-13,16,23-24,27-28,30,34H,2,7-11,14-15H2,1H3;7-10,16H,6,11-15H2,1-5H3;5-6,12-14,16-17,23H,1-4,7-8H2;5-8,14H,9-12,19H2,1-4H3;3-4H2,1-2H3/t23-,24-,27-,28-;;12-,13-,14?,16-,17-;;/m1.1../s1. The van der Waals surface area contributed by atoms with Crippen LogP contribution in [0.4, 0.5) is 25.8 Å². The number of hydrogen-bond donors (Lipinski definition) is 4. The molecule has 31 heteroatoms. The highest BCUT2D eigenvalue weighted by atomic mass is 79.9. The Hall–Kier alpha value is -7.49. The minimum Gasteiger partial charge on any atom is -0.470 e. The van der Waals surface area contributed by atoms with Crippen molar-refractivity contribution in [1.82, 2.24) is 19.5 Å². The zero-order valence-electron chi connectivity index (χ0n) is 72.0. The molecule has 0 bridgehead atoms. The number of nitrogens with zero attached hydrogens (tertiary/aromatic N) is 6. The van der Waals surface area contributed by atoms with Crippen LogP contribution in [0.2, 0.25) is 0 Å². The van der Waals surface area contributed by atoms with Gasteiger partial charge in [0, 0.05) is 137 Å². The lowest BCUT2D eigenvalue weighted by molar-refractivity contribution is -0.159. The van der Waals surface area contributed by atoms with E-state index in [1.165, 1.54) is 23.5 Å². The van der Waals surface area contributed by atoms with Crippen molar-refractivity contribution in [3.8, 4) is 23.0 Å². The van der Waals surface area contributed by atoms with Crippen LogP contribution in [0.15, 0.2) is 102 Å². The first kappa shape index (κ1) is 91.2.